The Morgan fingerprint density at radius 2 is 1.21 bits per heavy atom. The van der Waals surface area contributed by atoms with Crippen LogP contribution in [0.15, 0.2) is 60.7 Å². The van der Waals surface area contributed by atoms with Crippen molar-refractivity contribution in [2.24, 2.45) is 0 Å². The Hall–Kier alpha value is 0.382. The lowest BCUT2D eigenvalue weighted by Crippen LogP contribution is -1.84. The number of hydrogen-bond acceptors (Lipinski definition) is 1. The first-order chi connectivity index (χ1) is 11.4. The van der Waals surface area contributed by atoms with Gasteiger partial charge in [0.05, 0.1) is 5.34 Å². The molecular weight excluding hydrogens is 448 g/mol. The van der Waals surface area contributed by atoms with Crippen molar-refractivity contribution in [2.45, 2.75) is 13.3 Å². The summed E-state index contributed by atoms with van der Waals surface area (Å²) in [4.78, 5) is 10.4. The van der Waals surface area contributed by atoms with Gasteiger partial charge in [-0.05, 0) is 23.6 Å². The van der Waals surface area contributed by atoms with Gasteiger partial charge in [-0.15, -0.1) is 23.2 Å². The summed E-state index contributed by atoms with van der Waals surface area (Å²) in [5.41, 5.74) is 1.95. The van der Waals surface area contributed by atoms with Crippen molar-refractivity contribution in [2.75, 3.05) is 5.34 Å². The van der Waals surface area contributed by atoms with Crippen LogP contribution in [0, 0.1) is 0 Å². The van der Waals surface area contributed by atoms with E-state index in [-0.39, 0.29) is 5.34 Å². The molecule has 0 amide bonds. The molecule has 24 heavy (non-hydrogen) atoms. The molecule has 0 heterocycles. The minimum atomic E-state index is -1.72. The van der Waals surface area contributed by atoms with Crippen molar-refractivity contribution in [3.8, 4) is 0 Å². The lowest BCUT2D eigenvalue weighted by Gasteiger charge is -1.89. The van der Waals surface area contributed by atoms with Crippen molar-refractivity contribution in [1.82, 2.24) is 0 Å². The lowest BCUT2D eigenvalue weighted by atomic mass is 10.2. The standard InChI is InChI=1S/C8H10.C7H5ClO.CH2Cl2.Al.3ClH/c1-2-8-6-4-3-5-7-8;8-7(9)6-4-2-1-3-5-6;2-1-3;;;;/h3-7H,2H2,1H3;1-5H;1H2;;3*1H/q;;;+3;;;/p-3. The molecule has 1 nitrogen and oxygen atoms in total. The van der Waals surface area contributed by atoms with E-state index in [4.69, 9.17) is 65.0 Å². The molecule has 0 spiro atoms. The van der Waals surface area contributed by atoms with Crippen molar-refractivity contribution >= 4 is 81.6 Å². The van der Waals surface area contributed by atoms with Gasteiger partial charge in [-0.3, -0.25) is 4.79 Å². The third-order valence-electron chi connectivity index (χ3n) is 2.25. The van der Waals surface area contributed by atoms with Crippen LogP contribution in [0.4, 0.5) is 0 Å². The highest BCUT2D eigenvalue weighted by molar-refractivity contribution is 7.54. The number of rotatable bonds is 2. The molecule has 0 fully saturated rings. The van der Waals surface area contributed by atoms with Crippen LogP contribution in [0.25, 0.3) is 0 Å². The summed E-state index contributed by atoms with van der Waals surface area (Å²) in [6.45, 7) is 2.16. The van der Waals surface area contributed by atoms with Gasteiger partial charge in [0.15, 0.2) is 0 Å². The summed E-state index contributed by atoms with van der Waals surface area (Å²) in [5.74, 6) is 0. The van der Waals surface area contributed by atoms with Crippen LogP contribution in [0.2, 0.25) is 0 Å². The van der Waals surface area contributed by atoms with E-state index in [0.29, 0.717) is 5.56 Å². The van der Waals surface area contributed by atoms with E-state index in [9.17, 15) is 4.79 Å². The predicted molar refractivity (Wildman–Crippen MR) is 112 cm³/mol. The normalized spacial score (nSPS) is 8.29. The predicted octanol–water partition coefficient (Wildman–Crippen LogP) is 7.42. The average Bonchev–Trinajstić information content (AvgIpc) is 2.57. The van der Waals surface area contributed by atoms with Crippen molar-refractivity contribution < 1.29 is 4.79 Å². The monoisotopic (exact) mass is 462 g/mol. The van der Waals surface area contributed by atoms with Gasteiger partial charge in [0.2, 0.25) is 0 Å². The molecule has 0 radical (unpaired) electrons. The molecule has 0 bridgehead atoms. The Balaban J connectivity index is 0. The fourth-order valence-electron chi connectivity index (χ4n) is 1.28. The smallest absolute Gasteiger partial charge is 0.276 e. The SMILES string of the molecule is CCc1ccccc1.ClCCl.O=C(Cl)c1ccccc1.[Cl][Al]([Cl])[Cl]. The second-order valence-electron chi connectivity index (χ2n) is 3.83. The molecule has 0 aliphatic carbocycles. The largest absolute Gasteiger partial charge is 0.643 e. The zero-order valence-electron chi connectivity index (χ0n) is 12.9. The zero-order valence-corrected chi connectivity index (χ0v) is 18.6. The van der Waals surface area contributed by atoms with Gasteiger partial charge in [-0.1, -0.05) is 67.6 Å². The van der Waals surface area contributed by atoms with Gasteiger partial charge in [-0.2, -0.15) is 0 Å². The van der Waals surface area contributed by atoms with Crippen molar-refractivity contribution in [3.63, 3.8) is 0 Å². The molecule has 132 valence electrons. The van der Waals surface area contributed by atoms with Gasteiger partial charge < -0.3 is 0 Å². The van der Waals surface area contributed by atoms with Crippen LogP contribution in [-0.4, -0.2) is 22.0 Å². The quantitative estimate of drug-likeness (QED) is 0.256. The number of hydrogen-bond donors (Lipinski definition) is 0. The Morgan fingerprint density at radius 3 is 1.42 bits per heavy atom. The first kappa shape index (κ1) is 26.6. The molecule has 0 saturated heterocycles. The molecule has 0 atom stereocenters. The molecule has 0 aliphatic rings. The van der Waals surface area contributed by atoms with Gasteiger partial charge >= 0.3 is 11.4 Å². The number of carbonyl (C=O) groups excluding carboxylic acids is 1. The second kappa shape index (κ2) is 19.7. The van der Waals surface area contributed by atoms with Gasteiger partial charge in [-0.25, -0.2) is 30.1 Å². The van der Waals surface area contributed by atoms with Gasteiger partial charge in [0.1, 0.15) is 0 Å². The Morgan fingerprint density at radius 1 is 0.875 bits per heavy atom. The number of halogens is 6. The molecule has 2 rings (SSSR count). The molecule has 0 aromatic heterocycles. The summed E-state index contributed by atoms with van der Waals surface area (Å²) in [6, 6.07) is 19.2. The van der Waals surface area contributed by atoms with E-state index in [1.165, 1.54) is 5.56 Å². The van der Waals surface area contributed by atoms with E-state index < -0.39 is 16.6 Å². The number of carbonyl (C=O) groups is 1. The van der Waals surface area contributed by atoms with Crippen LogP contribution in [0.1, 0.15) is 22.8 Å². The van der Waals surface area contributed by atoms with Crippen LogP contribution in [-0.2, 0) is 6.42 Å². The summed E-state index contributed by atoms with van der Waals surface area (Å²) in [5, 5.41) is -0.212. The molecule has 0 saturated carbocycles. The Labute approximate surface area is 175 Å². The maximum atomic E-state index is 10.4. The molecule has 2 aromatic rings. The molecule has 0 aliphatic heterocycles. The molecule has 8 heteroatoms. The van der Waals surface area contributed by atoms with E-state index >= 15 is 0 Å². The first-order valence-electron chi connectivity index (χ1n) is 6.71. The van der Waals surface area contributed by atoms with Gasteiger partial charge in [0, 0.05) is 5.56 Å². The second-order valence-corrected chi connectivity index (χ2v) is 11.4. The first-order valence-corrected chi connectivity index (χ1v) is 13.4. The van der Waals surface area contributed by atoms with E-state index in [1.807, 2.05) is 12.1 Å². The average molecular weight is 465 g/mol. The minimum Gasteiger partial charge on any atom is -0.276 e. The van der Waals surface area contributed by atoms with Gasteiger partial charge in [0.25, 0.3) is 5.24 Å². The zero-order chi connectivity index (χ0) is 18.8. The topological polar surface area (TPSA) is 17.1 Å². The third kappa shape index (κ3) is 20.4. The fraction of sp³-hybridized carbons (Fsp3) is 0.188. The molecule has 2 aromatic carbocycles. The maximum Gasteiger partial charge on any atom is 0.643 e. The lowest BCUT2D eigenvalue weighted by molar-refractivity contribution is 0.108. The minimum absolute atomic E-state index is 0.194. The van der Waals surface area contributed by atoms with Crippen LogP contribution in [0.3, 0.4) is 0 Å². The maximum absolute atomic E-state index is 10.4. The fourth-order valence-corrected chi connectivity index (χ4v) is 1.41. The Kier molecular flexibility index (Phi) is 21.8. The third-order valence-corrected chi connectivity index (χ3v) is 2.47. The Bertz CT molecular complexity index is 508. The van der Waals surface area contributed by atoms with E-state index in [0.717, 1.165) is 6.42 Å². The van der Waals surface area contributed by atoms with Crippen molar-refractivity contribution in [3.05, 3.63) is 71.8 Å². The molecular formula is C16H17AlCl6O. The molecule has 0 N–H and O–H groups in total. The van der Waals surface area contributed by atoms with E-state index in [1.54, 1.807) is 24.3 Å². The summed E-state index contributed by atoms with van der Waals surface area (Å²) in [7, 11) is 14.8. The summed E-state index contributed by atoms with van der Waals surface area (Å²) in [6.07, 6.45) is 1.14. The van der Waals surface area contributed by atoms with Crippen LogP contribution >= 0.6 is 65.0 Å². The molecule has 0 unspecified atom stereocenters. The summed E-state index contributed by atoms with van der Waals surface area (Å²) >= 11 is 13.0. The highest BCUT2D eigenvalue weighted by Crippen LogP contribution is 2.01. The highest BCUT2D eigenvalue weighted by atomic mass is 35.8. The number of benzene rings is 2. The highest BCUT2D eigenvalue weighted by Gasteiger charge is 2.00. The van der Waals surface area contributed by atoms with Crippen LogP contribution in [0.5, 0.6) is 0 Å². The summed E-state index contributed by atoms with van der Waals surface area (Å²) < 4.78 is 0. The number of aryl methyl sites for hydroxylation is 1. The van der Waals surface area contributed by atoms with Crippen LogP contribution < -0.4 is 0 Å². The van der Waals surface area contributed by atoms with Crippen molar-refractivity contribution in [1.29, 1.82) is 0 Å². The van der Waals surface area contributed by atoms with E-state index in [2.05, 4.69) is 31.2 Å². The number of alkyl halides is 2.